The molecule has 2 aromatic carbocycles. The van der Waals surface area contributed by atoms with E-state index >= 15 is 0 Å². The lowest BCUT2D eigenvalue weighted by atomic mass is 10.0. The molecule has 1 heterocycles. The number of rotatable bonds is 4. The molecule has 0 spiro atoms. The molecule has 0 aliphatic carbocycles. The molecule has 0 amide bonds. The van der Waals surface area contributed by atoms with Crippen molar-refractivity contribution in [3.63, 3.8) is 0 Å². The molecule has 0 saturated carbocycles. The minimum absolute atomic E-state index is 0.269. The Balaban J connectivity index is 2.00. The number of hydrogen-bond donors (Lipinski definition) is 0. The van der Waals surface area contributed by atoms with Crippen LogP contribution in [0.1, 0.15) is 16.7 Å². The Labute approximate surface area is 134 Å². The fourth-order valence-corrected chi connectivity index (χ4v) is 2.54. The number of hydrogen-bond acceptors (Lipinski definition) is 4. The number of methoxy groups -OCH3 is 1. The largest absolute Gasteiger partial charge is 0.493 e. The summed E-state index contributed by atoms with van der Waals surface area (Å²) in [6.45, 7) is 4.21. The van der Waals surface area contributed by atoms with Crippen molar-refractivity contribution in [3.8, 4) is 11.5 Å². The minimum Gasteiger partial charge on any atom is -0.493 e. The van der Waals surface area contributed by atoms with Crippen molar-refractivity contribution in [2.45, 2.75) is 20.5 Å². The second-order valence-electron chi connectivity index (χ2n) is 5.41. The molecule has 3 rings (SSSR count). The monoisotopic (exact) mass is 310 g/mol. The van der Waals surface area contributed by atoms with Crippen LogP contribution in [0, 0.1) is 13.8 Å². The number of para-hydroxylation sites is 2. The van der Waals surface area contributed by atoms with Crippen LogP contribution in [-0.2, 0) is 6.61 Å². The first-order chi connectivity index (χ1) is 11.1. The average Bonchev–Trinajstić information content (AvgIpc) is 2.56. The number of fused-ring (bicyclic) bond motifs is 1. The molecule has 4 nitrogen and oxygen atoms in total. The average molecular weight is 310 g/mol. The highest BCUT2D eigenvalue weighted by atomic mass is 16.5. The van der Waals surface area contributed by atoms with Crippen molar-refractivity contribution in [3.05, 3.63) is 69.6 Å². The first-order valence-electron chi connectivity index (χ1n) is 7.39. The Morgan fingerprint density at radius 3 is 2.52 bits per heavy atom. The summed E-state index contributed by atoms with van der Waals surface area (Å²) in [4.78, 5) is 11.9. The van der Waals surface area contributed by atoms with Crippen molar-refractivity contribution in [1.82, 2.24) is 0 Å². The highest BCUT2D eigenvalue weighted by molar-refractivity contribution is 5.83. The molecule has 1 aromatic heterocycles. The standard InChI is InChI=1S/C19H18O4/c1-12-8-9-15-14(10-18(20)23-19(15)13(12)2)11-22-17-7-5-4-6-16(17)21-3/h4-10H,11H2,1-3H3. The van der Waals surface area contributed by atoms with Gasteiger partial charge in [-0.15, -0.1) is 0 Å². The Bertz CT molecular complexity index is 909. The molecule has 0 aliphatic rings. The van der Waals surface area contributed by atoms with Gasteiger partial charge in [0.1, 0.15) is 12.2 Å². The summed E-state index contributed by atoms with van der Waals surface area (Å²) in [5.41, 5.74) is 3.10. The summed E-state index contributed by atoms with van der Waals surface area (Å²) < 4.78 is 16.5. The van der Waals surface area contributed by atoms with Gasteiger partial charge in [-0.3, -0.25) is 0 Å². The van der Waals surface area contributed by atoms with Crippen LogP contribution in [0.25, 0.3) is 11.0 Å². The molecule has 0 saturated heterocycles. The predicted octanol–water partition coefficient (Wildman–Crippen LogP) is 4.00. The maximum atomic E-state index is 11.9. The predicted molar refractivity (Wildman–Crippen MR) is 89.3 cm³/mol. The smallest absolute Gasteiger partial charge is 0.336 e. The molecule has 0 bridgehead atoms. The van der Waals surface area contributed by atoms with Crippen molar-refractivity contribution in [2.75, 3.05) is 7.11 Å². The van der Waals surface area contributed by atoms with Gasteiger partial charge in [0.15, 0.2) is 11.5 Å². The van der Waals surface area contributed by atoms with E-state index in [4.69, 9.17) is 13.9 Å². The van der Waals surface area contributed by atoms with E-state index < -0.39 is 0 Å². The first-order valence-corrected chi connectivity index (χ1v) is 7.39. The van der Waals surface area contributed by atoms with Crippen LogP contribution in [0.4, 0.5) is 0 Å². The highest BCUT2D eigenvalue weighted by Crippen LogP contribution is 2.28. The van der Waals surface area contributed by atoms with Crippen LogP contribution in [0.5, 0.6) is 11.5 Å². The minimum atomic E-state index is -0.371. The second kappa shape index (κ2) is 6.16. The Hall–Kier alpha value is -2.75. The first kappa shape index (κ1) is 15.2. The Kier molecular flexibility index (Phi) is 4.06. The van der Waals surface area contributed by atoms with E-state index in [1.807, 2.05) is 50.2 Å². The Morgan fingerprint density at radius 2 is 1.78 bits per heavy atom. The lowest BCUT2D eigenvalue weighted by Crippen LogP contribution is -2.05. The van der Waals surface area contributed by atoms with Gasteiger partial charge >= 0.3 is 5.63 Å². The van der Waals surface area contributed by atoms with Crippen LogP contribution >= 0.6 is 0 Å². The van der Waals surface area contributed by atoms with Gasteiger partial charge in [-0.25, -0.2) is 4.79 Å². The Morgan fingerprint density at radius 1 is 1.04 bits per heavy atom. The fourth-order valence-electron chi connectivity index (χ4n) is 2.54. The summed E-state index contributed by atoms with van der Waals surface area (Å²) in [7, 11) is 1.60. The van der Waals surface area contributed by atoms with E-state index in [9.17, 15) is 4.79 Å². The molecule has 3 aromatic rings. The molecule has 0 unspecified atom stereocenters. The molecular weight excluding hydrogens is 292 g/mol. The van der Waals surface area contributed by atoms with Gasteiger partial charge in [-0.05, 0) is 37.1 Å². The van der Waals surface area contributed by atoms with Crippen molar-refractivity contribution >= 4 is 11.0 Å². The van der Waals surface area contributed by atoms with Crippen LogP contribution < -0.4 is 15.1 Å². The SMILES string of the molecule is COc1ccccc1OCc1cc(=O)oc2c(C)c(C)ccc12. The summed E-state index contributed by atoms with van der Waals surface area (Å²) in [6.07, 6.45) is 0. The van der Waals surface area contributed by atoms with E-state index in [1.165, 1.54) is 6.07 Å². The molecule has 0 radical (unpaired) electrons. The van der Waals surface area contributed by atoms with E-state index in [2.05, 4.69) is 0 Å². The summed E-state index contributed by atoms with van der Waals surface area (Å²) >= 11 is 0. The number of ether oxygens (including phenoxy) is 2. The topological polar surface area (TPSA) is 48.7 Å². The van der Waals surface area contributed by atoms with Gasteiger partial charge < -0.3 is 13.9 Å². The normalized spacial score (nSPS) is 10.7. The van der Waals surface area contributed by atoms with Gasteiger partial charge in [-0.2, -0.15) is 0 Å². The molecular formula is C19H18O4. The maximum absolute atomic E-state index is 11.9. The van der Waals surface area contributed by atoms with E-state index in [0.717, 1.165) is 22.1 Å². The molecule has 23 heavy (non-hydrogen) atoms. The van der Waals surface area contributed by atoms with E-state index in [1.54, 1.807) is 7.11 Å². The summed E-state index contributed by atoms with van der Waals surface area (Å²) in [5.74, 6) is 1.30. The molecule has 0 N–H and O–H groups in total. The molecule has 0 fully saturated rings. The van der Waals surface area contributed by atoms with Gasteiger partial charge in [0.25, 0.3) is 0 Å². The summed E-state index contributed by atoms with van der Waals surface area (Å²) in [5, 5.41) is 0.891. The third-order valence-electron chi connectivity index (χ3n) is 3.97. The number of benzene rings is 2. The van der Waals surface area contributed by atoms with Crippen molar-refractivity contribution < 1.29 is 13.9 Å². The zero-order chi connectivity index (χ0) is 16.4. The van der Waals surface area contributed by atoms with Crippen LogP contribution in [-0.4, -0.2) is 7.11 Å². The lowest BCUT2D eigenvalue weighted by molar-refractivity contribution is 0.285. The van der Waals surface area contributed by atoms with E-state index in [0.29, 0.717) is 17.1 Å². The lowest BCUT2D eigenvalue weighted by Gasteiger charge is -2.12. The quantitative estimate of drug-likeness (QED) is 0.683. The van der Waals surface area contributed by atoms with Gasteiger partial charge in [-0.1, -0.05) is 24.3 Å². The second-order valence-corrected chi connectivity index (χ2v) is 5.41. The zero-order valence-electron chi connectivity index (χ0n) is 13.4. The third kappa shape index (κ3) is 2.93. The summed E-state index contributed by atoms with van der Waals surface area (Å²) in [6, 6.07) is 12.9. The zero-order valence-corrected chi connectivity index (χ0v) is 13.4. The highest BCUT2D eigenvalue weighted by Gasteiger charge is 2.11. The third-order valence-corrected chi connectivity index (χ3v) is 3.97. The molecule has 0 aliphatic heterocycles. The number of aryl methyl sites for hydroxylation is 2. The van der Waals surface area contributed by atoms with Crippen molar-refractivity contribution in [1.29, 1.82) is 0 Å². The molecule has 4 heteroatoms. The van der Waals surface area contributed by atoms with Gasteiger partial charge in [0.2, 0.25) is 0 Å². The maximum Gasteiger partial charge on any atom is 0.336 e. The molecule has 118 valence electrons. The van der Waals surface area contributed by atoms with Crippen molar-refractivity contribution in [2.24, 2.45) is 0 Å². The van der Waals surface area contributed by atoms with Crippen LogP contribution in [0.2, 0.25) is 0 Å². The van der Waals surface area contributed by atoms with Crippen LogP contribution in [0.3, 0.4) is 0 Å². The fraction of sp³-hybridized carbons (Fsp3) is 0.211. The van der Waals surface area contributed by atoms with Gasteiger partial charge in [0, 0.05) is 17.0 Å². The molecule has 0 atom stereocenters. The van der Waals surface area contributed by atoms with Crippen LogP contribution in [0.15, 0.2) is 51.7 Å². The van der Waals surface area contributed by atoms with E-state index in [-0.39, 0.29) is 12.2 Å². The van der Waals surface area contributed by atoms with Gasteiger partial charge in [0.05, 0.1) is 7.11 Å².